The minimum atomic E-state index is 0.183. The molecular weight excluding hydrogens is 340 g/mol. The fourth-order valence-corrected chi connectivity index (χ4v) is 2.53. The van der Waals surface area contributed by atoms with E-state index in [1.807, 2.05) is 50.2 Å². The van der Waals surface area contributed by atoms with Crippen molar-refractivity contribution >= 4 is 5.70 Å². The van der Waals surface area contributed by atoms with E-state index in [0.29, 0.717) is 36.0 Å². The van der Waals surface area contributed by atoms with E-state index in [2.05, 4.69) is 10.9 Å². The summed E-state index contributed by atoms with van der Waals surface area (Å²) in [5.74, 6) is 1.12. The van der Waals surface area contributed by atoms with Crippen LogP contribution in [0.5, 0.6) is 5.75 Å². The van der Waals surface area contributed by atoms with E-state index in [9.17, 15) is 5.11 Å². The van der Waals surface area contributed by atoms with Crippen LogP contribution in [0, 0.1) is 0 Å². The maximum atomic E-state index is 9.98. The average molecular weight is 368 g/mol. The lowest BCUT2D eigenvalue weighted by Crippen LogP contribution is -2.37. The Morgan fingerprint density at radius 1 is 0.963 bits per heavy atom. The van der Waals surface area contributed by atoms with Gasteiger partial charge in [-0.3, -0.25) is 10.9 Å². The molecule has 0 saturated carbocycles. The van der Waals surface area contributed by atoms with Gasteiger partial charge in [0.25, 0.3) is 0 Å². The van der Waals surface area contributed by atoms with E-state index in [1.54, 1.807) is 18.2 Å². The first kappa shape index (κ1) is 20.2. The molecule has 0 aromatic heterocycles. The maximum absolute atomic E-state index is 9.98. The molecule has 0 saturated heterocycles. The predicted octanol–water partition coefficient (Wildman–Crippen LogP) is 2.71. The number of aromatic hydroxyl groups is 1. The van der Waals surface area contributed by atoms with Gasteiger partial charge < -0.3 is 21.3 Å². The molecule has 0 bridgehead atoms. The zero-order chi connectivity index (χ0) is 19.6. The molecule has 3 rings (SSSR count). The maximum Gasteiger partial charge on any atom is 0.162 e. The third-order valence-electron chi connectivity index (χ3n) is 3.97. The van der Waals surface area contributed by atoms with Gasteiger partial charge in [0, 0.05) is 24.6 Å². The number of ether oxygens (including phenoxy) is 1. The molecule has 7 N–H and O–H groups in total. The normalized spacial score (nSPS) is 12.9. The van der Waals surface area contributed by atoms with Crippen LogP contribution in [-0.2, 0) is 17.7 Å². The van der Waals surface area contributed by atoms with Crippen molar-refractivity contribution in [3.63, 3.8) is 0 Å². The molecule has 0 atom stereocenters. The summed E-state index contributed by atoms with van der Waals surface area (Å²) in [4.78, 5) is 0. The van der Waals surface area contributed by atoms with Crippen molar-refractivity contribution in [1.82, 2.24) is 10.9 Å². The Morgan fingerprint density at radius 3 is 2.30 bits per heavy atom. The van der Waals surface area contributed by atoms with Crippen molar-refractivity contribution in [3.8, 4) is 5.75 Å². The number of hydrogen-bond donors (Lipinski definition) is 5. The van der Waals surface area contributed by atoms with Gasteiger partial charge in [-0.25, -0.2) is 0 Å². The SMILES string of the molecule is CC.NCc1ccc(CCOC2=C(N)NNC(c3ccccc3O)=C2)cc1. The predicted molar refractivity (Wildman–Crippen MR) is 109 cm³/mol. The molecule has 0 amide bonds. The third kappa shape index (κ3) is 5.43. The lowest BCUT2D eigenvalue weighted by Gasteiger charge is -2.22. The van der Waals surface area contributed by atoms with Crippen LogP contribution in [0.2, 0.25) is 0 Å². The minimum absolute atomic E-state index is 0.183. The number of nitrogens with two attached hydrogens (primary N) is 2. The molecule has 0 radical (unpaired) electrons. The van der Waals surface area contributed by atoms with Gasteiger partial charge in [-0.05, 0) is 23.3 Å². The highest BCUT2D eigenvalue weighted by Crippen LogP contribution is 2.25. The number of phenols is 1. The average Bonchev–Trinajstić information content (AvgIpc) is 2.72. The summed E-state index contributed by atoms with van der Waals surface area (Å²) in [6.45, 7) is 5.03. The van der Waals surface area contributed by atoms with E-state index in [4.69, 9.17) is 16.2 Å². The van der Waals surface area contributed by atoms with E-state index in [-0.39, 0.29) is 5.75 Å². The van der Waals surface area contributed by atoms with Crippen molar-refractivity contribution < 1.29 is 9.84 Å². The summed E-state index contributed by atoms with van der Waals surface area (Å²) < 4.78 is 5.82. The van der Waals surface area contributed by atoms with Crippen LogP contribution in [-0.4, -0.2) is 11.7 Å². The third-order valence-corrected chi connectivity index (χ3v) is 3.97. The Balaban J connectivity index is 0.00000126. The lowest BCUT2D eigenvalue weighted by atomic mass is 10.1. The molecule has 1 aliphatic rings. The Kier molecular flexibility index (Phi) is 7.58. The number of para-hydroxylation sites is 1. The summed E-state index contributed by atoms with van der Waals surface area (Å²) in [7, 11) is 0. The topological polar surface area (TPSA) is 106 Å². The molecule has 0 fully saturated rings. The molecule has 2 aromatic carbocycles. The molecular formula is C21H28N4O2. The molecule has 6 heteroatoms. The molecule has 1 aliphatic heterocycles. The van der Waals surface area contributed by atoms with Crippen molar-refractivity contribution in [3.05, 3.63) is 82.9 Å². The van der Waals surface area contributed by atoms with Gasteiger partial charge in [0.2, 0.25) is 0 Å². The van der Waals surface area contributed by atoms with Crippen LogP contribution in [0.4, 0.5) is 0 Å². The second-order valence-corrected chi connectivity index (χ2v) is 5.72. The zero-order valence-electron chi connectivity index (χ0n) is 15.8. The van der Waals surface area contributed by atoms with Gasteiger partial charge in [-0.2, -0.15) is 0 Å². The van der Waals surface area contributed by atoms with Crippen LogP contribution in [0.3, 0.4) is 0 Å². The molecule has 0 unspecified atom stereocenters. The fraction of sp³-hybridized carbons (Fsp3) is 0.238. The summed E-state index contributed by atoms with van der Waals surface area (Å²) in [5.41, 5.74) is 21.0. The van der Waals surface area contributed by atoms with Gasteiger partial charge in [0.1, 0.15) is 5.75 Å². The summed E-state index contributed by atoms with van der Waals surface area (Å²) in [5, 5.41) is 9.98. The van der Waals surface area contributed by atoms with Gasteiger partial charge in [-0.1, -0.05) is 50.2 Å². The molecule has 0 spiro atoms. The Bertz CT molecular complexity index is 798. The Hall–Kier alpha value is -3.12. The summed E-state index contributed by atoms with van der Waals surface area (Å²) in [6.07, 6.45) is 2.53. The molecule has 144 valence electrons. The van der Waals surface area contributed by atoms with Gasteiger partial charge in [0.05, 0.1) is 12.3 Å². The highest BCUT2D eigenvalue weighted by molar-refractivity contribution is 5.71. The Morgan fingerprint density at radius 2 is 1.63 bits per heavy atom. The molecule has 0 aliphatic carbocycles. The molecule has 2 aromatic rings. The van der Waals surface area contributed by atoms with Crippen molar-refractivity contribution in [1.29, 1.82) is 0 Å². The first-order valence-corrected chi connectivity index (χ1v) is 9.10. The number of benzene rings is 2. The second kappa shape index (κ2) is 10.1. The minimum Gasteiger partial charge on any atom is -0.507 e. The van der Waals surface area contributed by atoms with Crippen LogP contribution in [0.25, 0.3) is 5.70 Å². The first-order valence-electron chi connectivity index (χ1n) is 9.10. The van der Waals surface area contributed by atoms with Crippen molar-refractivity contribution in [2.45, 2.75) is 26.8 Å². The quantitative estimate of drug-likeness (QED) is 0.537. The number of hydrogen-bond acceptors (Lipinski definition) is 6. The highest BCUT2D eigenvalue weighted by atomic mass is 16.5. The van der Waals surface area contributed by atoms with Crippen LogP contribution in [0.1, 0.15) is 30.5 Å². The smallest absolute Gasteiger partial charge is 0.162 e. The number of phenolic OH excluding ortho intramolecular Hbond substituents is 1. The van der Waals surface area contributed by atoms with Gasteiger partial charge in [-0.15, -0.1) is 0 Å². The Labute approximate surface area is 160 Å². The van der Waals surface area contributed by atoms with Crippen molar-refractivity contribution in [2.24, 2.45) is 11.5 Å². The number of nitrogens with one attached hydrogen (secondary N) is 2. The van der Waals surface area contributed by atoms with Gasteiger partial charge in [0.15, 0.2) is 11.6 Å². The molecule has 1 heterocycles. The number of hydrazine groups is 1. The van der Waals surface area contributed by atoms with Gasteiger partial charge >= 0.3 is 0 Å². The number of rotatable bonds is 6. The summed E-state index contributed by atoms with van der Waals surface area (Å²) in [6, 6.07) is 15.2. The largest absolute Gasteiger partial charge is 0.507 e. The standard InChI is InChI=1S/C19H22N4O2.C2H6/c20-12-14-7-5-13(6-8-14)9-10-25-18-11-16(22-23-19(18)21)15-3-1-2-4-17(15)24;1-2/h1-8,11,22-24H,9-10,12,20-21H2;1-2H3. The van der Waals surface area contributed by atoms with Crippen molar-refractivity contribution in [2.75, 3.05) is 6.61 Å². The fourth-order valence-electron chi connectivity index (χ4n) is 2.53. The molecule has 27 heavy (non-hydrogen) atoms. The summed E-state index contributed by atoms with van der Waals surface area (Å²) >= 11 is 0. The lowest BCUT2D eigenvalue weighted by molar-refractivity contribution is 0.220. The van der Waals surface area contributed by atoms with E-state index < -0.39 is 0 Å². The number of allylic oxidation sites excluding steroid dienone is 1. The molecule has 6 nitrogen and oxygen atoms in total. The van der Waals surface area contributed by atoms with Crippen LogP contribution >= 0.6 is 0 Å². The van der Waals surface area contributed by atoms with E-state index in [0.717, 1.165) is 12.0 Å². The zero-order valence-corrected chi connectivity index (χ0v) is 15.8. The second-order valence-electron chi connectivity index (χ2n) is 5.72. The van der Waals surface area contributed by atoms with E-state index >= 15 is 0 Å². The van der Waals surface area contributed by atoms with Crippen LogP contribution in [0.15, 0.2) is 66.2 Å². The first-order chi connectivity index (χ1) is 13.2. The monoisotopic (exact) mass is 368 g/mol. The highest BCUT2D eigenvalue weighted by Gasteiger charge is 2.15. The van der Waals surface area contributed by atoms with Crippen LogP contribution < -0.4 is 22.3 Å². The van der Waals surface area contributed by atoms with E-state index in [1.165, 1.54) is 5.56 Å².